The Hall–Kier alpha value is -2.21. The smallest absolute Gasteiger partial charge is 0.227 e. The van der Waals surface area contributed by atoms with Gasteiger partial charge in [-0.15, -0.1) is 0 Å². The molecule has 0 saturated carbocycles. The van der Waals surface area contributed by atoms with Crippen LogP contribution in [0.5, 0.6) is 0 Å². The lowest BCUT2D eigenvalue weighted by Crippen LogP contribution is -2.44. The van der Waals surface area contributed by atoms with E-state index in [-0.39, 0.29) is 24.2 Å². The number of carbonyl (C=O) groups excluding carboxylic acids is 1. The average Bonchev–Trinajstić information content (AvgIpc) is 2.80. The van der Waals surface area contributed by atoms with Gasteiger partial charge in [0.1, 0.15) is 5.82 Å². The van der Waals surface area contributed by atoms with Crippen LogP contribution in [0.3, 0.4) is 0 Å². The van der Waals surface area contributed by atoms with Crippen molar-refractivity contribution in [1.29, 1.82) is 0 Å². The summed E-state index contributed by atoms with van der Waals surface area (Å²) in [7, 11) is 1.90. The van der Waals surface area contributed by atoms with E-state index >= 15 is 0 Å². The number of carbonyl (C=O) groups is 1. The lowest BCUT2D eigenvalue weighted by molar-refractivity contribution is -0.139. The fraction of sp³-hybridized carbons (Fsp3) is 0.444. The fourth-order valence-corrected chi connectivity index (χ4v) is 3.34. The van der Waals surface area contributed by atoms with Crippen LogP contribution in [-0.2, 0) is 23.0 Å². The summed E-state index contributed by atoms with van der Waals surface area (Å²) in [5.74, 6) is -0.339. The molecule has 1 aliphatic rings. The molecule has 0 bridgehead atoms. The highest BCUT2D eigenvalue weighted by Crippen LogP contribution is 2.29. The number of ether oxygens (including phenoxy) is 1. The quantitative estimate of drug-likeness (QED) is 0.867. The Kier molecular flexibility index (Phi) is 4.66. The number of halogens is 1. The van der Waals surface area contributed by atoms with Gasteiger partial charge in [0.15, 0.2) is 0 Å². The summed E-state index contributed by atoms with van der Waals surface area (Å²) in [5.41, 5.74) is 3.68. The highest BCUT2D eigenvalue weighted by Gasteiger charge is 2.32. The molecule has 128 valence electrons. The molecule has 0 radical (unpaired) electrons. The monoisotopic (exact) mass is 331 g/mol. The molecule has 1 saturated heterocycles. The molecule has 2 aromatic rings. The van der Waals surface area contributed by atoms with Gasteiger partial charge in [-0.3, -0.25) is 9.48 Å². The molecule has 0 spiro atoms. The molecule has 1 fully saturated rings. The second kappa shape index (κ2) is 6.73. The first kappa shape index (κ1) is 16.6. The minimum Gasteiger partial charge on any atom is -0.377 e. The number of benzene rings is 1. The van der Waals surface area contributed by atoms with E-state index in [1.807, 2.05) is 30.5 Å². The molecular formula is C18H22FN3O2. The minimum absolute atomic E-state index is 0.0171. The van der Waals surface area contributed by atoms with Gasteiger partial charge < -0.3 is 9.64 Å². The maximum Gasteiger partial charge on any atom is 0.227 e. The Morgan fingerprint density at radius 1 is 1.42 bits per heavy atom. The summed E-state index contributed by atoms with van der Waals surface area (Å²) in [6.07, 6.45) is 0.187. The zero-order valence-corrected chi connectivity index (χ0v) is 14.3. The highest BCUT2D eigenvalue weighted by molar-refractivity contribution is 5.79. The third-order valence-corrected chi connectivity index (χ3v) is 4.59. The third kappa shape index (κ3) is 3.19. The van der Waals surface area contributed by atoms with Crippen molar-refractivity contribution in [2.75, 3.05) is 19.8 Å². The van der Waals surface area contributed by atoms with Crippen molar-refractivity contribution in [2.24, 2.45) is 7.05 Å². The Morgan fingerprint density at radius 3 is 2.88 bits per heavy atom. The van der Waals surface area contributed by atoms with Crippen LogP contribution in [0.2, 0.25) is 0 Å². The van der Waals surface area contributed by atoms with Crippen LogP contribution in [0.15, 0.2) is 24.3 Å². The lowest BCUT2D eigenvalue weighted by atomic mass is 10.0. The second-order valence-corrected chi connectivity index (χ2v) is 6.19. The molecule has 0 unspecified atom stereocenters. The number of nitrogens with zero attached hydrogens (tertiary/aromatic N) is 3. The van der Waals surface area contributed by atoms with Crippen LogP contribution in [-0.4, -0.2) is 40.3 Å². The molecule has 0 aliphatic carbocycles. The van der Waals surface area contributed by atoms with Crippen molar-refractivity contribution >= 4 is 5.91 Å². The van der Waals surface area contributed by atoms with Gasteiger partial charge in [0.05, 0.1) is 31.4 Å². The van der Waals surface area contributed by atoms with E-state index in [9.17, 15) is 9.18 Å². The average molecular weight is 331 g/mol. The Balaban J connectivity index is 1.85. The molecule has 1 aromatic heterocycles. The van der Waals surface area contributed by atoms with Crippen molar-refractivity contribution in [3.63, 3.8) is 0 Å². The Labute approximate surface area is 141 Å². The van der Waals surface area contributed by atoms with Gasteiger partial charge in [0.25, 0.3) is 0 Å². The number of hydrogen-bond acceptors (Lipinski definition) is 3. The largest absolute Gasteiger partial charge is 0.377 e. The highest BCUT2D eigenvalue weighted by atomic mass is 19.1. The van der Waals surface area contributed by atoms with E-state index in [2.05, 4.69) is 5.10 Å². The lowest BCUT2D eigenvalue weighted by Gasteiger charge is -2.36. The fourth-order valence-electron chi connectivity index (χ4n) is 3.34. The molecule has 5 nitrogen and oxygen atoms in total. The summed E-state index contributed by atoms with van der Waals surface area (Å²) in [5, 5.41) is 4.45. The van der Waals surface area contributed by atoms with Gasteiger partial charge in [-0.2, -0.15) is 5.10 Å². The Morgan fingerprint density at radius 2 is 2.21 bits per heavy atom. The number of morpholine rings is 1. The molecular weight excluding hydrogens is 309 g/mol. The molecule has 1 amide bonds. The van der Waals surface area contributed by atoms with Crippen molar-refractivity contribution in [1.82, 2.24) is 14.7 Å². The standard InChI is InChI=1S/C18H22FN3O2/c1-12-18(13(2)21(3)20-12)16-11-24-8-7-22(16)17(23)10-14-5-4-6-15(19)9-14/h4-6,9,16H,7-8,10-11H2,1-3H3/t16-/m1/s1. The van der Waals surface area contributed by atoms with Crippen LogP contribution >= 0.6 is 0 Å². The molecule has 3 rings (SSSR count). The molecule has 1 aromatic carbocycles. The van der Waals surface area contributed by atoms with Crippen LogP contribution < -0.4 is 0 Å². The number of aromatic nitrogens is 2. The number of aryl methyl sites for hydroxylation is 2. The minimum atomic E-state index is -0.322. The van der Waals surface area contributed by atoms with Crippen LogP contribution in [0.1, 0.15) is 28.6 Å². The van der Waals surface area contributed by atoms with Crippen molar-refractivity contribution in [3.05, 3.63) is 52.6 Å². The molecule has 2 heterocycles. The predicted molar refractivity (Wildman–Crippen MR) is 88.1 cm³/mol. The summed E-state index contributed by atoms with van der Waals surface area (Å²) < 4.78 is 20.8. The summed E-state index contributed by atoms with van der Waals surface area (Å²) in [4.78, 5) is 14.7. The second-order valence-electron chi connectivity index (χ2n) is 6.19. The van der Waals surface area contributed by atoms with Crippen molar-refractivity contribution in [3.8, 4) is 0 Å². The molecule has 0 N–H and O–H groups in total. The first-order valence-electron chi connectivity index (χ1n) is 8.09. The van der Waals surface area contributed by atoms with Gasteiger partial charge in [0, 0.05) is 24.8 Å². The van der Waals surface area contributed by atoms with Crippen LogP contribution in [0.4, 0.5) is 4.39 Å². The van der Waals surface area contributed by atoms with Gasteiger partial charge in [-0.05, 0) is 31.5 Å². The number of hydrogen-bond donors (Lipinski definition) is 0. The Bertz CT molecular complexity index is 757. The third-order valence-electron chi connectivity index (χ3n) is 4.59. The van der Waals surface area contributed by atoms with E-state index in [4.69, 9.17) is 4.74 Å². The van der Waals surface area contributed by atoms with E-state index in [0.717, 1.165) is 17.0 Å². The van der Waals surface area contributed by atoms with Crippen LogP contribution in [0.25, 0.3) is 0 Å². The number of rotatable bonds is 3. The van der Waals surface area contributed by atoms with Gasteiger partial charge in [-0.25, -0.2) is 4.39 Å². The molecule has 24 heavy (non-hydrogen) atoms. The van der Waals surface area contributed by atoms with Crippen molar-refractivity contribution < 1.29 is 13.9 Å². The van der Waals surface area contributed by atoms with Gasteiger partial charge in [-0.1, -0.05) is 12.1 Å². The van der Waals surface area contributed by atoms with E-state index in [1.54, 1.807) is 12.1 Å². The van der Waals surface area contributed by atoms with E-state index < -0.39 is 0 Å². The SMILES string of the molecule is Cc1nn(C)c(C)c1[C@H]1COCCN1C(=O)Cc1cccc(F)c1. The van der Waals surface area contributed by atoms with Crippen molar-refractivity contribution in [2.45, 2.75) is 26.3 Å². The van der Waals surface area contributed by atoms with E-state index in [1.165, 1.54) is 12.1 Å². The first-order chi connectivity index (χ1) is 11.5. The van der Waals surface area contributed by atoms with Gasteiger partial charge in [0.2, 0.25) is 5.91 Å². The molecule has 1 atom stereocenters. The molecule has 1 aliphatic heterocycles. The zero-order valence-electron chi connectivity index (χ0n) is 14.3. The normalized spacial score (nSPS) is 18.0. The topological polar surface area (TPSA) is 47.4 Å². The summed E-state index contributed by atoms with van der Waals surface area (Å²) in [6.45, 7) is 5.46. The maximum absolute atomic E-state index is 13.4. The summed E-state index contributed by atoms with van der Waals surface area (Å²) in [6, 6.07) is 6.05. The maximum atomic E-state index is 13.4. The van der Waals surface area contributed by atoms with Gasteiger partial charge >= 0.3 is 0 Å². The predicted octanol–water partition coefficient (Wildman–Crippen LogP) is 2.32. The number of amides is 1. The van der Waals surface area contributed by atoms with E-state index in [0.29, 0.717) is 25.3 Å². The summed E-state index contributed by atoms with van der Waals surface area (Å²) >= 11 is 0. The molecule has 6 heteroatoms. The van der Waals surface area contributed by atoms with Crippen LogP contribution in [0, 0.1) is 19.7 Å². The zero-order chi connectivity index (χ0) is 17.3. The first-order valence-corrected chi connectivity index (χ1v) is 8.09.